The quantitative estimate of drug-likeness (QED) is 0.783. The monoisotopic (exact) mass is 216 g/mol. The normalized spacial score (nSPS) is 33.7. The molecule has 1 heterocycles. The van der Waals surface area contributed by atoms with E-state index in [1.54, 1.807) is 0 Å². The number of nitrogens with zero attached hydrogens (tertiary/aromatic N) is 1. The zero-order valence-electron chi connectivity index (χ0n) is 9.73. The summed E-state index contributed by atoms with van der Waals surface area (Å²) in [5.41, 5.74) is 8.85. The third kappa shape index (κ3) is 1.75. The van der Waals surface area contributed by atoms with E-state index < -0.39 is 0 Å². The summed E-state index contributed by atoms with van der Waals surface area (Å²) in [6.07, 6.45) is 9.53. The Labute approximate surface area is 97.3 Å². The van der Waals surface area contributed by atoms with Crippen molar-refractivity contribution in [1.82, 2.24) is 4.98 Å². The third-order valence-corrected chi connectivity index (χ3v) is 4.39. The standard InChI is InChI=1S/C14H20N2/c15-12-6-3-10(4-7-12)13-8-5-11-2-1-9-16-14(11)13/h1-2,9-10,12-13H,3-8,15H2. The van der Waals surface area contributed by atoms with Crippen molar-refractivity contribution >= 4 is 0 Å². The zero-order valence-corrected chi connectivity index (χ0v) is 9.73. The molecule has 0 spiro atoms. The van der Waals surface area contributed by atoms with Gasteiger partial charge in [0.1, 0.15) is 0 Å². The summed E-state index contributed by atoms with van der Waals surface area (Å²) in [7, 11) is 0. The Morgan fingerprint density at radius 3 is 2.75 bits per heavy atom. The number of rotatable bonds is 1. The molecule has 86 valence electrons. The van der Waals surface area contributed by atoms with Gasteiger partial charge in [0.25, 0.3) is 0 Å². The molecule has 0 amide bonds. The minimum Gasteiger partial charge on any atom is -0.328 e. The lowest BCUT2D eigenvalue weighted by Crippen LogP contribution is -2.28. The molecule has 0 aliphatic heterocycles. The summed E-state index contributed by atoms with van der Waals surface area (Å²) in [4.78, 5) is 4.60. The second-order valence-electron chi connectivity index (χ2n) is 5.37. The van der Waals surface area contributed by atoms with Crippen LogP contribution in [0, 0.1) is 5.92 Å². The van der Waals surface area contributed by atoms with Gasteiger partial charge in [0.05, 0.1) is 0 Å². The van der Waals surface area contributed by atoms with Crippen LogP contribution in [0.25, 0.3) is 0 Å². The number of nitrogens with two attached hydrogens (primary N) is 1. The van der Waals surface area contributed by atoms with E-state index in [0.717, 1.165) is 11.8 Å². The minimum absolute atomic E-state index is 0.459. The van der Waals surface area contributed by atoms with Crippen molar-refractivity contribution in [3.63, 3.8) is 0 Å². The largest absolute Gasteiger partial charge is 0.328 e. The number of pyridine rings is 1. The Morgan fingerprint density at radius 1 is 1.12 bits per heavy atom. The Balaban J connectivity index is 1.77. The van der Waals surface area contributed by atoms with Crippen molar-refractivity contribution in [3.05, 3.63) is 29.6 Å². The summed E-state index contributed by atoms with van der Waals surface area (Å²) in [6, 6.07) is 4.77. The van der Waals surface area contributed by atoms with E-state index in [1.807, 2.05) is 6.20 Å². The highest BCUT2D eigenvalue weighted by Crippen LogP contribution is 2.42. The van der Waals surface area contributed by atoms with Gasteiger partial charge in [-0.15, -0.1) is 0 Å². The maximum absolute atomic E-state index is 5.97. The maximum Gasteiger partial charge on any atom is 0.0469 e. The van der Waals surface area contributed by atoms with Crippen LogP contribution < -0.4 is 5.73 Å². The van der Waals surface area contributed by atoms with E-state index >= 15 is 0 Å². The summed E-state index contributed by atoms with van der Waals surface area (Å²) >= 11 is 0. The van der Waals surface area contributed by atoms with Crippen LogP contribution in [0.15, 0.2) is 18.3 Å². The second-order valence-corrected chi connectivity index (χ2v) is 5.37. The van der Waals surface area contributed by atoms with Crippen LogP contribution >= 0.6 is 0 Å². The average Bonchev–Trinajstić information content (AvgIpc) is 2.74. The molecule has 2 nitrogen and oxygen atoms in total. The molecule has 0 radical (unpaired) electrons. The fourth-order valence-electron chi connectivity index (χ4n) is 3.45. The molecule has 0 bridgehead atoms. The summed E-state index contributed by atoms with van der Waals surface area (Å²) < 4.78 is 0. The number of aryl methyl sites for hydroxylation is 1. The maximum atomic E-state index is 5.97. The van der Waals surface area contributed by atoms with Gasteiger partial charge in [-0.05, 0) is 56.1 Å². The van der Waals surface area contributed by atoms with Gasteiger partial charge in [0, 0.05) is 23.9 Å². The van der Waals surface area contributed by atoms with Crippen LogP contribution in [-0.4, -0.2) is 11.0 Å². The first-order valence-electron chi connectivity index (χ1n) is 6.54. The first kappa shape index (κ1) is 10.3. The smallest absolute Gasteiger partial charge is 0.0469 e. The molecule has 1 aromatic rings. The van der Waals surface area contributed by atoms with Crippen molar-refractivity contribution in [2.45, 2.75) is 50.5 Å². The van der Waals surface area contributed by atoms with Gasteiger partial charge in [-0.25, -0.2) is 0 Å². The van der Waals surface area contributed by atoms with Gasteiger partial charge in [-0.1, -0.05) is 6.07 Å². The van der Waals surface area contributed by atoms with Gasteiger partial charge in [0.2, 0.25) is 0 Å². The highest BCUT2D eigenvalue weighted by atomic mass is 14.7. The first-order valence-corrected chi connectivity index (χ1v) is 6.54. The van der Waals surface area contributed by atoms with Gasteiger partial charge >= 0.3 is 0 Å². The Hall–Kier alpha value is -0.890. The molecule has 1 saturated carbocycles. The van der Waals surface area contributed by atoms with Crippen molar-refractivity contribution in [2.75, 3.05) is 0 Å². The number of hydrogen-bond acceptors (Lipinski definition) is 2. The highest BCUT2D eigenvalue weighted by Gasteiger charge is 2.32. The molecular weight excluding hydrogens is 196 g/mol. The lowest BCUT2D eigenvalue weighted by Gasteiger charge is -2.30. The van der Waals surface area contributed by atoms with Crippen LogP contribution in [0.1, 0.15) is 49.3 Å². The molecule has 2 aliphatic rings. The lowest BCUT2D eigenvalue weighted by atomic mass is 9.77. The number of hydrogen-bond donors (Lipinski definition) is 1. The fraction of sp³-hybridized carbons (Fsp3) is 0.643. The Bertz CT molecular complexity index is 367. The number of fused-ring (bicyclic) bond motifs is 1. The average molecular weight is 216 g/mol. The molecule has 0 aromatic carbocycles. The van der Waals surface area contributed by atoms with E-state index in [9.17, 15) is 0 Å². The van der Waals surface area contributed by atoms with E-state index in [4.69, 9.17) is 5.73 Å². The molecule has 0 saturated heterocycles. The molecule has 1 atom stereocenters. The van der Waals surface area contributed by atoms with Crippen molar-refractivity contribution in [2.24, 2.45) is 11.7 Å². The predicted octanol–water partition coefficient (Wildman–Crippen LogP) is 2.63. The fourth-order valence-corrected chi connectivity index (χ4v) is 3.45. The zero-order chi connectivity index (χ0) is 11.0. The van der Waals surface area contributed by atoms with Crippen LogP contribution in [0.4, 0.5) is 0 Å². The number of aromatic nitrogens is 1. The molecule has 2 heteroatoms. The lowest BCUT2D eigenvalue weighted by molar-refractivity contribution is 0.278. The predicted molar refractivity (Wildman–Crippen MR) is 65.2 cm³/mol. The summed E-state index contributed by atoms with van der Waals surface area (Å²) in [5.74, 6) is 1.57. The molecule has 1 fully saturated rings. The SMILES string of the molecule is NC1CCC(C2CCc3cccnc32)CC1. The van der Waals surface area contributed by atoms with Gasteiger partial charge < -0.3 is 5.73 Å². The molecule has 1 aromatic heterocycles. The topological polar surface area (TPSA) is 38.9 Å². The Kier molecular flexibility index (Phi) is 2.68. The second kappa shape index (κ2) is 4.17. The Morgan fingerprint density at radius 2 is 1.94 bits per heavy atom. The van der Waals surface area contributed by atoms with E-state index in [1.165, 1.54) is 49.8 Å². The molecule has 16 heavy (non-hydrogen) atoms. The molecule has 2 aliphatic carbocycles. The summed E-state index contributed by atoms with van der Waals surface area (Å²) in [5, 5.41) is 0. The highest BCUT2D eigenvalue weighted by molar-refractivity contribution is 5.29. The third-order valence-electron chi connectivity index (χ3n) is 4.39. The summed E-state index contributed by atoms with van der Waals surface area (Å²) in [6.45, 7) is 0. The van der Waals surface area contributed by atoms with Crippen molar-refractivity contribution in [1.29, 1.82) is 0 Å². The van der Waals surface area contributed by atoms with Gasteiger partial charge in [0.15, 0.2) is 0 Å². The first-order chi connectivity index (χ1) is 7.84. The van der Waals surface area contributed by atoms with E-state index in [2.05, 4.69) is 17.1 Å². The van der Waals surface area contributed by atoms with Gasteiger partial charge in [-0.3, -0.25) is 4.98 Å². The van der Waals surface area contributed by atoms with E-state index in [-0.39, 0.29) is 0 Å². The van der Waals surface area contributed by atoms with Gasteiger partial charge in [-0.2, -0.15) is 0 Å². The molecule has 3 rings (SSSR count). The molecule has 1 unspecified atom stereocenters. The van der Waals surface area contributed by atoms with Crippen LogP contribution in [0.5, 0.6) is 0 Å². The molecular formula is C14H20N2. The minimum atomic E-state index is 0.459. The molecule has 2 N–H and O–H groups in total. The van der Waals surface area contributed by atoms with E-state index in [0.29, 0.717) is 6.04 Å². The van der Waals surface area contributed by atoms with Crippen LogP contribution in [-0.2, 0) is 6.42 Å². The van der Waals surface area contributed by atoms with Crippen molar-refractivity contribution < 1.29 is 0 Å². The van der Waals surface area contributed by atoms with Crippen LogP contribution in [0.3, 0.4) is 0 Å². The van der Waals surface area contributed by atoms with Crippen molar-refractivity contribution in [3.8, 4) is 0 Å². The van der Waals surface area contributed by atoms with Crippen LogP contribution in [0.2, 0.25) is 0 Å².